The normalized spacial score (nSPS) is 30.0. The van der Waals surface area contributed by atoms with E-state index in [9.17, 15) is 5.11 Å². The van der Waals surface area contributed by atoms with Gasteiger partial charge in [-0.05, 0) is 11.5 Å². The highest BCUT2D eigenvalue weighted by molar-refractivity contribution is 8.03. The van der Waals surface area contributed by atoms with Gasteiger partial charge >= 0.3 is 0 Å². The second kappa shape index (κ2) is 7.65. The molecule has 114 valence electrons. The molecule has 1 saturated heterocycles. The van der Waals surface area contributed by atoms with Gasteiger partial charge in [0.15, 0.2) is 6.23 Å². The molecule has 4 atom stereocenters. The van der Waals surface area contributed by atoms with Crippen LogP contribution in [0.2, 0.25) is 0 Å². The summed E-state index contributed by atoms with van der Waals surface area (Å²) in [7, 11) is 0. The third kappa shape index (κ3) is 3.30. The molecule has 0 aromatic carbocycles. The van der Waals surface area contributed by atoms with Gasteiger partial charge in [-0.3, -0.25) is 0 Å². The predicted octanol–water partition coefficient (Wildman–Crippen LogP) is 0.903. The van der Waals surface area contributed by atoms with Gasteiger partial charge < -0.3 is 14.9 Å². The number of aliphatic hydroxyl groups is 2. The number of nitrogens with zero attached hydrogens (tertiary/aromatic N) is 3. The molecule has 1 fully saturated rings. The van der Waals surface area contributed by atoms with Gasteiger partial charge in [0, 0.05) is 5.25 Å². The maximum atomic E-state index is 9.53. The predicted molar refractivity (Wildman–Crippen MR) is 80.8 cm³/mol. The Hall–Kier alpha value is -0.280. The van der Waals surface area contributed by atoms with E-state index in [1.165, 1.54) is 0 Å². The smallest absolute Gasteiger partial charge is 0.165 e. The van der Waals surface area contributed by atoms with Crippen LogP contribution in [0.3, 0.4) is 0 Å². The van der Waals surface area contributed by atoms with E-state index in [0.717, 1.165) is 11.5 Å². The lowest BCUT2D eigenvalue weighted by Gasteiger charge is -2.21. The van der Waals surface area contributed by atoms with E-state index in [1.807, 2.05) is 23.5 Å². The first kappa shape index (κ1) is 16.1. The molecule has 0 radical (unpaired) electrons. The van der Waals surface area contributed by atoms with Gasteiger partial charge in [0.2, 0.25) is 0 Å². The van der Waals surface area contributed by atoms with Gasteiger partial charge in [-0.1, -0.05) is 19.1 Å². The molecule has 0 saturated carbocycles. The van der Waals surface area contributed by atoms with Gasteiger partial charge in [0.25, 0.3) is 0 Å². The highest BCUT2D eigenvalue weighted by Gasteiger charge is 2.45. The Morgan fingerprint density at radius 3 is 2.50 bits per heavy atom. The Balaban J connectivity index is 2.21. The minimum atomic E-state index is -0.242. The van der Waals surface area contributed by atoms with Crippen LogP contribution < -0.4 is 0 Å². The number of ether oxygens (including phenoxy) is 1. The molecule has 2 heterocycles. The van der Waals surface area contributed by atoms with Crippen molar-refractivity contribution in [3.05, 3.63) is 11.9 Å². The van der Waals surface area contributed by atoms with E-state index in [-0.39, 0.29) is 36.0 Å². The van der Waals surface area contributed by atoms with Crippen molar-refractivity contribution in [2.24, 2.45) is 0 Å². The van der Waals surface area contributed by atoms with Crippen LogP contribution >= 0.6 is 23.5 Å². The zero-order valence-corrected chi connectivity index (χ0v) is 13.3. The molecule has 8 heteroatoms. The summed E-state index contributed by atoms with van der Waals surface area (Å²) in [5.41, 5.74) is 0.529. The monoisotopic (exact) mass is 319 g/mol. The minimum absolute atomic E-state index is 0.0104. The van der Waals surface area contributed by atoms with Gasteiger partial charge in [0.1, 0.15) is 5.69 Å². The fourth-order valence-corrected chi connectivity index (χ4v) is 4.99. The Bertz CT molecular complexity index is 418. The van der Waals surface area contributed by atoms with Crippen molar-refractivity contribution in [1.82, 2.24) is 15.0 Å². The van der Waals surface area contributed by atoms with E-state index in [4.69, 9.17) is 9.84 Å². The molecule has 2 N–H and O–H groups in total. The number of hydrogen-bond donors (Lipinski definition) is 2. The van der Waals surface area contributed by atoms with Crippen molar-refractivity contribution in [2.75, 3.05) is 18.1 Å². The van der Waals surface area contributed by atoms with E-state index in [0.29, 0.717) is 5.69 Å². The lowest BCUT2D eigenvalue weighted by Crippen LogP contribution is -2.29. The second-order valence-corrected chi connectivity index (χ2v) is 7.35. The van der Waals surface area contributed by atoms with Crippen LogP contribution in [0.1, 0.15) is 25.8 Å². The Labute approximate surface area is 127 Å². The van der Waals surface area contributed by atoms with Crippen LogP contribution in [-0.2, 0) is 11.3 Å². The van der Waals surface area contributed by atoms with E-state index in [2.05, 4.69) is 24.2 Å². The molecule has 0 unspecified atom stereocenters. The molecular weight excluding hydrogens is 298 g/mol. The van der Waals surface area contributed by atoms with Gasteiger partial charge in [-0.2, -0.15) is 23.5 Å². The third-order valence-corrected chi connectivity index (χ3v) is 5.90. The van der Waals surface area contributed by atoms with Crippen LogP contribution in [0.5, 0.6) is 0 Å². The lowest BCUT2D eigenvalue weighted by atomic mass is 10.2. The topological polar surface area (TPSA) is 80.4 Å². The van der Waals surface area contributed by atoms with Crippen LogP contribution in [0.15, 0.2) is 6.20 Å². The molecule has 0 spiro atoms. The first-order valence-electron chi connectivity index (χ1n) is 6.76. The maximum Gasteiger partial charge on any atom is 0.165 e. The summed E-state index contributed by atoms with van der Waals surface area (Å²) in [5, 5.41) is 27.0. The molecule has 1 aliphatic rings. The van der Waals surface area contributed by atoms with Crippen LogP contribution in [0.25, 0.3) is 0 Å². The summed E-state index contributed by atoms with van der Waals surface area (Å²) >= 11 is 3.63. The average molecular weight is 319 g/mol. The van der Waals surface area contributed by atoms with Gasteiger partial charge in [-0.25, -0.2) is 4.68 Å². The zero-order chi connectivity index (χ0) is 14.5. The largest absolute Gasteiger partial charge is 0.394 e. The number of hydrogen-bond acceptors (Lipinski definition) is 7. The Morgan fingerprint density at radius 1 is 1.25 bits per heavy atom. The molecule has 0 amide bonds. The van der Waals surface area contributed by atoms with Crippen molar-refractivity contribution in [3.63, 3.8) is 0 Å². The zero-order valence-electron chi connectivity index (χ0n) is 11.7. The third-order valence-electron chi connectivity index (χ3n) is 3.16. The van der Waals surface area contributed by atoms with Crippen LogP contribution in [0.4, 0.5) is 0 Å². The highest BCUT2D eigenvalue weighted by atomic mass is 32.2. The number of aromatic nitrogens is 3. The van der Waals surface area contributed by atoms with Crippen molar-refractivity contribution in [3.8, 4) is 0 Å². The molecule has 0 aliphatic carbocycles. The van der Waals surface area contributed by atoms with Gasteiger partial charge in [-0.15, -0.1) is 5.10 Å². The first-order chi connectivity index (χ1) is 9.74. The van der Waals surface area contributed by atoms with Crippen LogP contribution in [-0.4, -0.2) is 59.9 Å². The maximum absolute atomic E-state index is 9.53. The first-order valence-corrected chi connectivity index (χ1v) is 8.85. The molecule has 2 rings (SSSR count). The van der Waals surface area contributed by atoms with Crippen molar-refractivity contribution in [1.29, 1.82) is 0 Å². The fourth-order valence-electron chi connectivity index (χ4n) is 2.34. The van der Waals surface area contributed by atoms with Gasteiger partial charge in [0.05, 0.1) is 30.8 Å². The van der Waals surface area contributed by atoms with Crippen LogP contribution in [0, 0.1) is 0 Å². The SMILES string of the molecule is CCS[C@@H]1[C@H](SCC)[C@@H](CO)O[C@H]1n1cc(CO)nn1. The summed E-state index contributed by atoms with van der Waals surface area (Å²) < 4.78 is 7.64. The molecule has 1 aromatic heterocycles. The Kier molecular flexibility index (Phi) is 6.16. The summed E-state index contributed by atoms with van der Waals surface area (Å²) in [6, 6.07) is 0. The molecular formula is C12H21N3O3S2. The summed E-state index contributed by atoms with van der Waals surface area (Å²) in [4.78, 5) is 0. The Morgan fingerprint density at radius 2 is 1.95 bits per heavy atom. The highest BCUT2D eigenvalue weighted by Crippen LogP contribution is 2.42. The lowest BCUT2D eigenvalue weighted by molar-refractivity contribution is -0.0269. The molecule has 6 nitrogen and oxygen atoms in total. The number of rotatable bonds is 7. The standard InChI is InChI=1S/C12H21N3O3S2/c1-3-19-10-9(7-17)18-12(11(10)20-4-2)15-5-8(6-16)13-14-15/h5,9-12,16-17H,3-4,6-7H2,1-2H3/t9-,10-,11-,12-/m1/s1. The van der Waals surface area contributed by atoms with Crippen molar-refractivity contribution >= 4 is 23.5 Å². The average Bonchev–Trinajstić information content (AvgIpc) is 3.05. The van der Waals surface area contributed by atoms with E-state index < -0.39 is 0 Å². The number of aliphatic hydroxyl groups excluding tert-OH is 2. The summed E-state index contributed by atoms with van der Waals surface area (Å²) in [5.74, 6) is 1.96. The quantitative estimate of drug-likeness (QED) is 0.773. The molecule has 0 bridgehead atoms. The molecule has 20 heavy (non-hydrogen) atoms. The number of thioether (sulfide) groups is 2. The molecule has 1 aliphatic heterocycles. The molecule has 1 aromatic rings. The summed E-state index contributed by atoms with van der Waals surface area (Å²) in [6.45, 7) is 4.10. The minimum Gasteiger partial charge on any atom is -0.394 e. The van der Waals surface area contributed by atoms with Crippen molar-refractivity contribution < 1.29 is 14.9 Å². The van der Waals surface area contributed by atoms with E-state index in [1.54, 1.807) is 10.9 Å². The van der Waals surface area contributed by atoms with Crippen molar-refractivity contribution in [2.45, 2.75) is 43.3 Å². The fraction of sp³-hybridized carbons (Fsp3) is 0.833. The van der Waals surface area contributed by atoms with E-state index >= 15 is 0 Å². The second-order valence-electron chi connectivity index (χ2n) is 4.44. The summed E-state index contributed by atoms with van der Waals surface area (Å²) in [6.07, 6.45) is 1.28.